The van der Waals surface area contributed by atoms with E-state index >= 15 is 0 Å². The van der Waals surface area contributed by atoms with Crippen molar-refractivity contribution in [2.45, 2.75) is 13.8 Å². The van der Waals surface area contributed by atoms with Crippen LogP contribution in [-0.4, -0.2) is 40.9 Å². The monoisotopic (exact) mass is 324 g/mol. The lowest BCUT2D eigenvalue weighted by atomic mass is 10.2. The summed E-state index contributed by atoms with van der Waals surface area (Å²) in [6.45, 7) is 3.57. The number of nitrogens with one attached hydrogen (secondary N) is 2. The van der Waals surface area contributed by atoms with E-state index in [9.17, 15) is 14.4 Å². The highest BCUT2D eigenvalue weighted by atomic mass is 32.2. The van der Waals surface area contributed by atoms with Crippen molar-refractivity contribution in [3.8, 4) is 0 Å². The standard InChI is InChI=1S/C15H20N2O4S/c1-10-3-5-12(6-4-10)17-14(19)9-22-8-13(18)16-7-11(2)15(20)21/h3-6,11H,7-9H2,1-2H3,(H,16,18)(H,17,19)(H,20,21). The molecule has 1 aromatic carbocycles. The average Bonchev–Trinajstić information content (AvgIpc) is 2.47. The summed E-state index contributed by atoms with van der Waals surface area (Å²) in [7, 11) is 0. The minimum absolute atomic E-state index is 0.0876. The second kappa shape index (κ2) is 9.09. The van der Waals surface area contributed by atoms with Crippen molar-refractivity contribution in [1.29, 1.82) is 0 Å². The molecule has 0 aliphatic heterocycles. The number of carbonyl (C=O) groups is 3. The van der Waals surface area contributed by atoms with E-state index in [1.54, 1.807) is 0 Å². The van der Waals surface area contributed by atoms with Crippen molar-refractivity contribution >= 4 is 35.2 Å². The summed E-state index contributed by atoms with van der Waals surface area (Å²) < 4.78 is 0. The van der Waals surface area contributed by atoms with Crippen molar-refractivity contribution in [3.05, 3.63) is 29.8 Å². The van der Waals surface area contributed by atoms with E-state index in [2.05, 4.69) is 10.6 Å². The summed E-state index contributed by atoms with van der Waals surface area (Å²) in [6, 6.07) is 7.44. The molecule has 0 fully saturated rings. The van der Waals surface area contributed by atoms with Gasteiger partial charge in [-0.25, -0.2) is 0 Å². The number of thioether (sulfide) groups is 1. The third-order valence-corrected chi connectivity index (χ3v) is 3.76. The summed E-state index contributed by atoms with van der Waals surface area (Å²) in [6.07, 6.45) is 0. The topological polar surface area (TPSA) is 95.5 Å². The Bertz CT molecular complexity index is 531. The van der Waals surface area contributed by atoms with Gasteiger partial charge in [0.05, 0.1) is 17.4 Å². The van der Waals surface area contributed by atoms with Crippen LogP contribution in [-0.2, 0) is 14.4 Å². The summed E-state index contributed by atoms with van der Waals surface area (Å²) >= 11 is 1.18. The van der Waals surface area contributed by atoms with Crippen molar-refractivity contribution in [3.63, 3.8) is 0 Å². The maximum Gasteiger partial charge on any atom is 0.308 e. The van der Waals surface area contributed by atoms with Gasteiger partial charge in [-0.2, -0.15) is 0 Å². The molecule has 0 aromatic heterocycles. The van der Waals surface area contributed by atoms with Gasteiger partial charge < -0.3 is 15.7 Å². The summed E-state index contributed by atoms with van der Waals surface area (Å²) in [5.41, 5.74) is 1.83. The van der Waals surface area contributed by atoms with Crippen LogP contribution in [0.2, 0.25) is 0 Å². The fourth-order valence-corrected chi connectivity index (χ4v) is 2.12. The number of anilines is 1. The molecule has 0 radical (unpaired) electrons. The number of carboxylic acid groups (broad SMARTS) is 1. The average molecular weight is 324 g/mol. The molecule has 0 heterocycles. The first kappa shape index (κ1) is 18.0. The second-order valence-corrected chi connectivity index (χ2v) is 5.94. The minimum atomic E-state index is -0.953. The zero-order valence-corrected chi connectivity index (χ0v) is 13.4. The van der Waals surface area contributed by atoms with Crippen LogP contribution in [0.3, 0.4) is 0 Å². The zero-order chi connectivity index (χ0) is 16.5. The Labute approximate surface area is 133 Å². The van der Waals surface area contributed by atoms with Crippen LogP contribution >= 0.6 is 11.8 Å². The van der Waals surface area contributed by atoms with Crippen LogP contribution in [0.4, 0.5) is 5.69 Å². The number of amides is 2. The van der Waals surface area contributed by atoms with Gasteiger partial charge in [-0.1, -0.05) is 24.6 Å². The molecule has 120 valence electrons. The van der Waals surface area contributed by atoms with Crippen LogP contribution in [0.5, 0.6) is 0 Å². The Morgan fingerprint density at radius 1 is 1.14 bits per heavy atom. The van der Waals surface area contributed by atoms with Crippen LogP contribution in [0.1, 0.15) is 12.5 Å². The highest BCUT2D eigenvalue weighted by molar-refractivity contribution is 8.00. The highest BCUT2D eigenvalue weighted by Gasteiger charge is 2.12. The third kappa shape index (κ3) is 7.12. The number of rotatable bonds is 8. The molecule has 0 spiro atoms. The van der Waals surface area contributed by atoms with Gasteiger partial charge in [0.15, 0.2) is 0 Å². The predicted octanol–water partition coefficient (Wildman–Crippen LogP) is 1.50. The van der Waals surface area contributed by atoms with E-state index in [4.69, 9.17) is 5.11 Å². The molecule has 0 aliphatic carbocycles. The van der Waals surface area contributed by atoms with Crippen LogP contribution in [0.25, 0.3) is 0 Å². The lowest BCUT2D eigenvalue weighted by Crippen LogP contribution is -2.32. The normalized spacial score (nSPS) is 11.5. The number of benzene rings is 1. The number of carboxylic acids is 1. The van der Waals surface area contributed by atoms with Crippen molar-refractivity contribution in [2.24, 2.45) is 5.92 Å². The van der Waals surface area contributed by atoms with Gasteiger partial charge in [0, 0.05) is 12.2 Å². The van der Waals surface area contributed by atoms with Gasteiger partial charge in [0.1, 0.15) is 0 Å². The fourth-order valence-electron chi connectivity index (χ4n) is 1.48. The molecule has 1 aromatic rings. The van der Waals surface area contributed by atoms with Crippen LogP contribution < -0.4 is 10.6 Å². The molecule has 1 atom stereocenters. The van der Waals surface area contributed by atoms with Crippen molar-refractivity contribution in [2.75, 3.05) is 23.4 Å². The van der Waals surface area contributed by atoms with Gasteiger partial charge in [-0.15, -0.1) is 11.8 Å². The smallest absolute Gasteiger partial charge is 0.308 e. The van der Waals surface area contributed by atoms with Crippen molar-refractivity contribution < 1.29 is 19.5 Å². The van der Waals surface area contributed by atoms with Crippen LogP contribution in [0.15, 0.2) is 24.3 Å². The number of aryl methyl sites for hydroxylation is 1. The molecule has 3 N–H and O–H groups in total. The van der Waals surface area contributed by atoms with Gasteiger partial charge in [-0.05, 0) is 19.1 Å². The molecule has 22 heavy (non-hydrogen) atoms. The maximum atomic E-state index is 11.7. The van der Waals surface area contributed by atoms with E-state index in [-0.39, 0.29) is 29.9 Å². The van der Waals surface area contributed by atoms with Crippen molar-refractivity contribution in [1.82, 2.24) is 5.32 Å². The van der Waals surface area contributed by atoms with E-state index in [1.165, 1.54) is 18.7 Å². The molecule has 7 heteroatoms. The molecule has 0 saturated carbocycles. The van der Waals surface area contributed by atoms with E-state index < -0.39 is 11.9 Å². The summed E-state index contributed by atoms with van der Waals surface area (Å²) in [4.78, 5) is 33.8. The molecule has 0 bridgehead atoms. The predicted molar refractivity (Wildman–Crippen MR) is 86.9 cm³/mol. The Balaban J connectivity index is 2.20. The Kier molecular flexibility index (Phi) is 7.45. The van der Waals surface area contributed by atoms with Gasteiger partial charge in [0.25, 0.3) is 0 Å². The summed E-state index contributed by atoms with van der Waals surface area (Å²) in [5.74, 6) is -1.75. The largest absolute Gasteiger partial charge is 0.481 e. The molecule has 2 amide bonds. The first-order chi connectivity index (χ1) is 10.4. The van der Waals surface area contributed by atoms with E-state index in [1.807, 2.05) is 31.2 Å². The molecular formula is C15H20N2O4S. The van der Waals surface area contributed by atoms with Crippen LogP contribution in [0, 0.1) is 12.8 Å². The first-order valence-corrected chi connectivity index (χ1v) is 7.97. The molecule has 1 unspecified atom stereocenters. The molecule has 0 saturated heterocycles. The molecule has 1 rings (SSSR count). The Morgan fingerprint density at radius 3 is 2.32 bits per heavy atom. The molecular weight excluding hydrogens is 304 g/mol. The lowest BCUT2D eigenvalue weighted by Gasteiger charge is -2.08. The van der Waals surface area contributed by atoms with Gasteiger partial charge >= 0.3 is 5.97 Å². The van der Waals surface area contributed by atoms with Gasteiger partial charge in [-0.3, -0.25) is 14.4 Å². The Hall–Kier alpha value is -2.02. The van der Waals surface area contributed by atoms with Gasteiger partial charge in [0.2, 0.25) is 11.8 Å². The minimum Gasteiger partial charge on any atom is -0.481 e. The molecule has 0 aliphatic rings. The second-order valence-electron chi connectivity index (χ2n) is 4.95. The van der Waals surface area contributed by atoms with E-state index in [0.29, 0.717) is 0 Å². The Morgan fingerprint density at radius 2 is 1.73 bits per heavy atom. The SMILES string of the molecule is Cc1ccc(NC(=O)CSCC(=O)NCC(C)C(=O)O)cc1. The number of hydrogen-bond acceptors (Lipinski definition) is 4. The number of carbonyl (C=O) groups excluding carboxylic acids is 2. The molecule has 6 nitrogen and oxygen atoms in total. The zero-order valence-electron chi connectivity index (χ0n) is 12.6. The summed E-state index contributed by atoms with van der Waals surface area (Å²) in [5, 5.41) is 14.0. The maximum absolute atomic E-state index is 11.7. The lowest BCUT2D eigenvalue weighted by molar-refractivity contribution is -0.141. The number of aliphatic carboxylic acids is 1. The first-order valence-electron chi connectivity index (χ1n) is 6.82. The van der Waals surface area contributed by atoms with E-state index in [0.717, 1.165) is 11.3 Å². The third-order valence-electron chi connectivity index (χ3n) is 2.83. The fraction of sp³-hybridized carbons (Fsp3) is 0.400. The quantitative estimate of drug-likeness (QED) is 0.673. The number of hydrogen-bond donors (Lipinski definition) is 3. The highest BCUT2D eigenvalue weighted by Crippen LogP contribution is 2.09.